The predicted molar refractivity (Wildman–Crippen MR) is 96.5 cm³/mol. The lowest BCUT2D eigenvalue weighted by Gasteiger charge is -2.07. The predicted octanol–water partition coefficient (Wildman–Crippen LogP) is 3.22. The number of thioether (sulfide) groups is 1. The van der Waals surface area contributed by atoms with Crippen LogP contribution in [-0.2, 0) is 14.6 Å². The Kier molecular flexibility index (Phi) is 6.28. The third kappa shape index (κ3) is 5.58. The molecule has 0 saturated heterocycles. The maximum Gasteiger partial charge on any atom is 0.225 e. The van der Waals surface area contributed by atoms with Gasteiger partial charge in [-0.3, -0.25) is 4.79 Å². The van der Waals surface area contributed by atoms with Gasteiger partial charge in [0, 0.05) is 29.0 Å². The Morgan fingerprint density at radius 3 is 2.50 bits per heavy atom. The summed E-state index contributed by atoms with van der Waals surface area (Å²) >= 11 is 1.57. The van der Waals surface area contributed by atoms with E-state index in [9.17, 15) is 13.2 Å². The molecule has 0 bridgehead atoms. The molecule has 0 saturated carbocycles. The highest BCUT2D eigenvalue weighted by Crippen LogP contribution is 2.22. The summed E-state index contributed by atoms with van der Waals surface area (Å²) in [5.41, 5.74) is 0.484. The molecule has 0 spiro atoms. The molecule has 2 aromatic carbocycles. The molecule has 0 fully saturated rings. The van der Waals surface area contributed by atoms with E-state index in [-0.39, 0.29) is 10.8 Å². The van der Waals surface area contributed by atoms with Gasteiger partial charge in [0.05, 0.1) is 12.0 Å². The monoisotopic (exact) mass is 365 g/mol. The topological polar surface area (TPSA) is 72.5 Å². The molecule has 0 aliphatic rings. The van der Waals surface area contributed by atoms with Crippen LogP contribution in [0, 0.1) is 0 Å². The molecular formula is C17H19NO4S2. The van der Waals surface area contributed by atoms with E-state index >= 15 is 0 Å². The lowest BCUT2D eigenvalue weighted by molar-refractivity contribution is -0.115. The van der Waals surface area contributed by atoms with Crippen LogP contribution in [0.5, 0.6) is 5.75 Å². The second-order valence-corrected chi connectivity index (χ2v) is 8.31. The molecule has 0 atom stereocenters. The van der Waals surface area contributed by atoms with Crippen molar-refractivity contribution in [3.05, 3.63) is 48.5 Å². The second-order valence-electron chi connectivity index (χ2n) is 5.12. The maximum absolute atomic E-state index is 12.0. The second kappa shape index (κ2) is 8.21. The Bertz CT molecular complexity index is 802. The summed E-state index contributed by atoms with van der Waals surface area (Å²) in [6.45, 7) is 0. The summed E-state index contributed by atoms with van der Waals surface area (Å²) in [5.74, 6) is 1.27. The molecule has 0 aromatic heterocycles. The Labute approximate surface area is 146 Å². The fourth-order valence-electron chi connectivity index (χ4n) is 1.96. The van der Waals surface area contributed by atoms with E-state index in [0.29, 0.717) is 17.9 Å². The molecule has 1 N–H and O–H groups in total. The van der Waals surface area contributed by atoms with E-state index < -0.39 is 9.84 Å². The Hall–Kier alpha value is -1.99. The van der Waals surface area contributed by atoms with Gasteiger partial charge in [-0.25, -0.2) is 8.42 Å². The molecule has 0 unspecified atom stereocenters. The summed E-state index contributed by atoms with van der Waals surface area (Å²) in [4.78, 5) is 13.2. The van der Waals surface area contributed by atoms with Crippen molar-refractivity contribution >= 4 is 33.2 Å². The first-order chi connectivity index (χ1) is 11.4. The summed E-state index contributed by atoms with van der Waals surface area (Å²) in [6, 6.07) is 13.9. The van der Waals surface area contributed by atoms with Crippen LogP contribution in [0.3, 0.4) is 0 Å². The highest BCUT2D eigenvalue weighted by molar-refractivity contribution is 7.99. The van der Waals surface area contributed by atoms with Crippen molar-refractivity contribution in [1.82, 2.24) is 0 Å². The van der Waals surface area contributed by atoms with Gasteiger partial charge in [0.2, 0.25) is 5.91 Å². The Balaban J connectivity index is 1.85. The summed E-state index contributed by atoms with van der Waals surface area (Å²) in [5, 5.41) is 2.72. The molecule has 0 aliphatic heterocycles. The lowest BCUT2D eigenvalue weighted by atomic mass is 10.3. The number of benzene rings is 2. The van der Waals surface area contributed by atoms with Crippen molar-refractivity contribution < 1.29 is 17.9 Å². The molecule has 2 aromatic rings. The molecule has 0 heterocycles. The van der Waals surface area contributed by atoms with Crippen LogP contribution in [0.2, 0.25) is 0 Å². The van der Waals surface area contributed by atoms with E-state index in [2.05, 4.69) is 5.32 Å². The highest BCUT2D eigenvalue weighted by Gasteiger charge is 2.09. The minimum absolute atomic E-state index is 0.151. The van der Waals surface area contributed by atoms with Crippen molar-refractivity contribution in [2.24, 2.45) is 0 Å². The van der Waals surface area contributed by atoms with Crippen LogP contribution in [0.15, 0.2) is 58.3 Å². The fourth-order valence-corrected chi connectivity index (χ4v) is 3.48. The number of anilines is 1. The molecular weight excluding hydrogens is 346 g/mol. The van der Waals surface area contributed by atoms with Crippen molar-refractivity contribution in [2.75, 3.05) is 24.4 Å². The summed E-state index contributed by atoms with van der Waals surface area (Å²) in [7, 11) is -1.67. The third-order valence-corrected chi connectivity index (χ3v) is 5.33. The van der Waals surface area contributed by atoms with Gasteiger partial charge in [-0.05, 0) is 42.5 Å². The van der Waals surface area contributed by atoms with Crippen molar-refractivity contribution in [3.8, 4) is 5.75 Å². The number of rotatable bonds is 7. The maximum atomic E-state index is 12.0. The van der Waals surface area contributed by atoms with E-state index in [1.54, 1.807) is 31.0 Å². The summed E-state index contributed by atoms with van der Waals surface area (Å²) < 4.78 is 28.1. The third-order valence-electron chi connectivity index (χ3n) is 3.20. The average Bonchev–Trinajstić information content (AvgIpc) is 2.55. The molecule has 0 aliphatic carbocycles. The van der Waals surface area contributed by atoms with Crippen LogP contribution in [0.4, 0.5) is 5.69 Å². The number of sulfone groups is 1. The first-order valence-corrected chi connectivity index (χ1v) is 10.1. The molecule has 24 heavy (non-hydrogen) atoms. The Morgan fingerprint density at radius 2 is 1.88 bits per heavy atom. The molecule has 5 nitrogen and oxygen atoms in total. The molecule has 0 radical (unpaired) electrons. The molecule has 2 rings (SSSR count). The van der Waals surface area contributed by atoms with Crippen LogP contribution in [0.25, 0.3) is 0 Å². The summed E-state index contributed by atoms with van der Waals surface area (Å²) in [6.07, 6.45) is 1.47. The number of nitrogens with one attached hydrogen (secondary N) is 1. The number of hydrogen-bond donors (Lipinski definition) is 1. The largest absolute Gasteiger partial charge is 0.497 e. The minimum Gasteiger partial charge on any atom is -0.497 e. The van der Waals surface area contributed by atoms with Crippen molar-refractivity contribution in [3.63, 3.8) is 0 Å². The van der Waals surface area contributed by atoms with Gasteiger partial charge in [-0.1, -0.05) is 6.07 Å². The van der Waals surface area contributed by atoms with Gasteiger partial charge < -0.3 is 10.1 Å². The normalized spacial score (nSPS) is 11.1. The van der Waals surface area contributed by atoms with Crippen LogP contribution >= 0.6 is 11.8 Å². The van der Waals surface area contributed by atoms with Crippen molar-refractivity contribution in [1.29, 1.82) is 0 Å². The van der Waals surface area contributed by atoms with E-state index in [1.165, 1.54) is 12.1 Å². The first-order valence-electron chi connectivity index (χ1n) is 7.25. The van der Waals surface area contributed by atoms with Gasteiger partial charge in [-0.2, -0.15) is 0 Å². The molecule has 1 amide bonds. The van der Waals surface area contributed by atoms with Gasteiger partial charge in [0.15, 0.2) is 9.84 Å². The zero-order valence-electron chi connectivity index (χ0n) is 13.5. The van der Waals surface area contributed by atoms with Gasteiger partial charge in [-0.15, -0.1) is 11.8 Å². The zero-order chi connectivity index (χ0) is 17.6. The van der Waals surface area contributed by atoms with Crippen LogP contribution in [0.1, 0.15) is 6.42 Å². The number of carbonyl (C=O) groups is 1. The highest BCUT2D eigenvalue weighted by atomic mass is 32.2. The number of ether oxygens (including phenoxy) is 1. The van der Waals surface area contributed by atoms with Gasteiger partial charge in [0.25, 0.3) is 0 Å². The number of hydrogen-bond acceptors (Lipinski definition) is 5. The average molecular weight is 365 g/mol. The smallest absolute Gasteiger partial charge is 0.225 e. The van der Waals surface area contributed by atoms with Gasteiger partial charge in [0.1, 0.15) is 5.75 Å². The molecule has 128 valence electrons. The quantitative estimate of drug-likeness (QED) is 0.763. The SMILES string of the molecule is COc1ccc(SCCC(=O)Nc2cccc(S(C)(=O)=O)c2)cc1. The van der Waals surface area contributed by atoms with Crippen LogP contribution in [-0.4, -0.2) is 33.4 Å². The van der Waals surface area contributed by atoms with E-state index in [4.69, 9.17) is 4.74 Å². The fraction of sp³-hybridized carbons (Fsp3) is 0.235. The standard InChI is InChI=1S/C17H19NO4S2/c1-22-14-6-8-15(9-7-14)23-11-10-17(19)18-13-4-3-5-16(12-13)24(2,20)21/h3-9,12H,10-11H2,1-2H3,(H,18,19). The van der Waals surface area contributed by atoms with E-state index in [1.807, 2.05) is 24.3 Å². The minimum atomic E-state index is -3.29. The number of methoxy groups -OCH3 is 1. The molecule has 7 heteroatoms. The lowest BCUT2D eigenvalue weighted by Crippen LogP contribution is -2.12. The number of amides is 1. The van der Waals surface area contributed by atoms with Gasteiger partial charge >= 0.3 is 0 Å². The Morgan fingerprint density at radius 1 is 1.17 bits per heavy atom. The first kappa shape index (κ1) is 18.4. The van der Waals surface area contributed by atoms with Crippen molar-refractivity contribution in [2.45, 2.75) is 16.2 Å². The number of carbonyl (C=O) groups excluding carboxylic acids is 1. The van der Waals surface area contributed by atoms with E-state index in [0.717, 1.165) is 16.9 Å². The van der Waals surface area contributed by atoms with Crippen LogP contribution < -0.4 is 10.1 Å². The zero-order valence-corrected chi connectivity index (χ0v) is 15.1.